The summed E-state index contributed by atoms with van der Waals surface area (Å²) in [5, 5.41) is 21.3. The summed E-state index contributed by atoms with van der Waals surface area (Å²) >= 11 is 12.0. The summed E-state index contributed by atoms with van der Waals surface area (Å²) in [7, 11) is -9.52. The Hall–Kier alpha value is 0.200. The van der Waals surface area contributed by atoms with E-state index in [0.717, 1.165) is 18.2 Å². The van der Waals surface area contributed by atoms with Gasteiger partial charge in [-0.3, -0.25) is 0 Å². The molecule has 3 rings (SSSR count). The Morgan fingerprint density at radius 2 is 1.71 bits per heavy atom. The van der Waals surface area contributed by atoms with Gasteiger partial charge >= 0.3 is 59.1 Å². The Kier molecular flexibility index (Phi) is 12.0. The van der Waals surface area contributed by atoms with Crippen LogP contribution in [0.1, 0.15) is 13.3 Å². The third-order valence-corrected chi connectivity index (χ3v) is 7.43. The number of benzene rings is 2. The van der Waals surface area contributed by atoms with Crippen molar-refractivity contribution in [3.8, 4) is 0 Å². The van der Waals surface area contributed by atoms with Crippen LogP contribution in [0.25, 0.3) is 0 Å². The van der Waals surface area contributed by atoms with Crippen LogP contribution in [0, 0.1) is 5.92 Å². The average molecular weight is 568 g/mol. The second kappa shape index (κ2) is 12.6. The fourth-order valence-electron chi connectivity index (χ4n) is 3.47. The summed E-state index contributed by atoms with van der Waals surface area (Å²) < 4.78 is 67.7. The van der Waals surface area contributed by atoms with Crippen molar-refractivity contribution in [2.75, 3.05) is 5.32 Å². The predicted octanol–water partition coefficient (Wildman–Crippen LogP) is -2.86. The van der Waals surface area contributed by atoms with E-state index in [0.29, 0.717) is 6.42 Å². The SMILES string of the molecule is CC1CC(Nc2cc(Cl)cc(S(=O)(=O)[O-])c2Cl)C(O)C1N=Nc1cccc(S(=O)(=O)[O-])c1.[Na+].[Na+]. The molecule has 1 fully saturated rings. The molecule has 1 aliphatic rings. The second-order valence-electron chi connectivity index (χ2n) is 7.33. The number of aliphatic hydroxyl groups is 1. The molecule has 4 atom stereocenters. The maximum absolute atomic E-state index is 11.4. The van der Waals surface area contributed by atoms with E-state index in [4.69, 9.17) is 23.2 Å². The maximum atomic E-state index is 11.4. The van der Waals surface area contributed by atoms with Crippen LogP contribution < -0.4 is 64.4 Å². The third kappa shape index (κ3) is 7.85. The van der Waals surface area contributed by atoms with E-state index in [2.05, 4.69) is 15.5 Å². The van der Waals surface area contributed by atoms with Crippen molar-refractivity contribution in [1.29, 1.82) is 0 Å². The maximum Gasteiger partial charge on any atom is 1.00 e. The fourth-order valence-corrected chi connectivity index (χ4v) is 5.31. The molecule has 2 aromatic carbocycles. The minimum absolute atomic E-state index is 0. The number of halogens is 2. The molecule has 1 saturated carbocycles. The quantitative estimate of drug-likeness (QED) is 0.213. The Bertz CT molecular complexity index is 1280. The first kappa shape index (κ1) is 32.2. The zero-order valence-electron chi connectivity index (χ0n) is 18.3. The molecule has 0 heterocycles. The minimum atomic E-state index is -4.87. The number of nitrogens with zero attached hydrogens (tertiary/aromatic N) is 2. The number of hydrogen-bond acceptors (Lipinski definition) is 10. The van der Waals surface area contributed by atoms with Gasteiger partial charge in [0.25, 0.3) is 0 Å². The van der Waals surface area contributed by atoms with Crippen molar-refractivity contribution in [1.82, 2.24) is 0 Å². The smallest absolute Gasteiger partial charge is 0.744 e. The van der Waals surface area contributed by atoms with Crippen LogP contribution in [0.4, 0.5) is 11.4 Å². The number of nitrogens with one attached hydrogen (secondary N) is 1. The topological polar surface area (TPSA) is 171 Å². The molecule has 0 saturated heterocycles. The number of azo groups is 1. The van der Waals surface area contributed by atoms with Crippen LogP contribution in [0.5, 0.6) is 0 Å². The van der Waals surface area contributed by atoms with Gasteiger partial charge in [-0.1, -0.05) is 36.2 Å². The molecule has 2 aromatic rings. The van der Waals surface area contributed by atoms with Gasteiger partial charge in [-0.15, -0.1) is 0 Å². The van der Waals surface area contributed by atoms with E-state index in [1.165, 1.54) is 18.2 Å². The van der Waals surface area contributed by atoms with Gasteiger partial charge in [0.1, 0.15) is 26.3 Å². The van der Waals surface area contributed by atoms with Gasteiger partial charge in [-0.05, 0) is 42.7 Å². The summed E-state index contributed by atoms with van der Waals surface area (Å²) in [6.45, 7) is 1.81. The van der Waals surface area contributed by atoms with Gasteiger partial charge in [-0.25, -0.2) is 16.8 Å². The molecule has 0 aromatic heterocycles. The van der Waals surface area contributed by atoms with Crippen LogP contribution in [-0.2, 0) is 20.2 Å². The van der Waals surface area contributed by atoms with E-state index in [-0.39, 0.29) is 86.5 Å². The van der Waals surface area contributed by atoms with Crippen molar-refractivity contribution >= 4 is 54.8 Å². The molecule has 0 radical (unpaired) electrons. The number of aliphatic hydroxyl groups excluding tert-OH is 1. The van der Waals surface area contributed by atoms with Crippen molar-refractivity contribution in [3.63, 3.8) is 0 Å². The Labute approximate surface area is 251 Å². The van der Waals surface area contributed by atoms with Gasteiger partial charge in [-0.2, -0.15) is 10.2 Å². The normalized spacial score (nSPS) is 22.8. The molecule has 0 amide bonds. The minimum Gasteiger partial charge on any atom is -0.744 e. The van der Waals surface area contributed by atoms with E-state index in [1.54, 1.807) is 6.92 Å². The molecule has 0 aliphatic heterocycles. The van der Waals surface area contributed by atoms with Crippen LogP contribution in [-0.4, -0.2) is 49.2 Å². The molecule has 10 nitrogen and oxygen atoms in total. The van der Waals surface area contributed by atoms with Gasteiger partial charge in [0.15, 0.2) is 0 Å². The largest absolute Gasteiger partial charge is 1.00 e. The summed E-state index contributed by atoms with van der Waals surface area (Å²) in [5.41, 5.74) is 0.191. The van der Waals surface area contributed by atoms with E-state index in [1.807, 2.05) is 0 Å². The average Bonchev–Trinajstić information content (AvgIpc) is 2.94. The van der Waals surface area contributed by atoms with Crippen molar-refractivity contribution in [2.24, 2.45) is 16.1 Å². The van der Waals surface area contributed by atoms with Crippen LogP contribution in [0.3, 0.4) is 0 Å². The Morgan fingerprint density at radius 3 is 2.29 bits per heavy atom. The van der Waals surface area contributed by atoms with Gasteiger partial charge in [0, 0.05) is 5.02 Å². The number of hydrogen-bond donors (Lipinski definition) is 2. The fraction of sp³-hybridized carbons (Fsp3) is 0.333. The third-order valence-electron chi connectivity index (χ3n) is 5.00. The zero-order valence-corrected chi connectivity index (χ0v) is 25.5. The summed E-state index contributed by atoms with van der Waals surface area (Å²) in [5.74, 6) is -0.182. The van der Waals surface area contributed by atoms with Crippen molar-refractivity contribution in [2.45, 2.75) is 41.3 Å². The summed E-state index contributed by atoms with van der Waals surface area (Å²) in [6, 6.07) is 5.97. The standard InChI is InChI=1S/C18H19Cl2N3O7S2.2Na/c1-9-5-14(21-13-6-10(19)7-15(16(13)20)32(28,29)30)18(24)17(9)23-22-11-3-2-4-12(8-11)31(25,26)27;;/h2-4,6-9,14,17-18,21,24H,5H2,1H3,(H,25,26,27)(H,28,29,30);;/q;2*+1/p-2. The van der Waals surface area contributed by atoms with Crippen LogP contribution >= 0.6 is 23.2 Å². The second-order valence-corrected chi connectivity index (χ2v) is 10.9. The van der Waals surface area contributed by atoms with Gasteiger partial charge in [0.05, 0.1) is 38.3 Å². The molecule has 174 valence electrons. The van der Waals surface area contributed by atoms with Crippen molar-refractivity contribution in [3.05, 3.63) is 46.4 Å². The van der Waals surface area contributed by atoms with Crippen LogP contribution in [0.2, 0.25) is 10.0 Å². The molecule has 4 unspecified atom stereocenters. The summed E-state index contributed by atoms with van der Waals surface area (Å²) in [4.78, 5) is -1.13. The Balaban J connectivity index is 0.00000289. The Morgan fingerprint density at radius 1 is 1.06 bits per heavy atom. The molecular weight excluding hydrogens is 551 g/mol. The van der Waals surface area contributed by atoms with Crippen molar-refractivity contribution < 1.29 is 90.2 Å². The number of rotatable bonds is 6. The summed E-state index contributed by atoms with van der Waals surface area (Å²) in [6.07, 6.45) is -0.690. The van der Waals surface area contributed by atoms with E-state index >= 15 is 0 Å². The predicted molar refractivity (Wildman–Crippen MR) is 114 cm³/mol. The molecule has 0 bridgehead atoms. The molecule has 1 aliphatic carbocycles. The molecule has 16 heteroatoms. The van der Waals surface area contributed by atoms with E-state index < -0.39 is 48.2 Å². The first-order valence-corrected chi connectivity index (χ1v) is 12.7. The first-order valence-electron chi connectivity index (χ1n) is 9.13. The molecular formula is C18H17Cl2N3Na2O7S2. The van der Waals surface area contributed by atoms with Crippen LogP contribution in [0.15, 0.2) is 56.4 Å². The molecule has 0 spiro atoms. The molecule has 34 heavy (non-hydrogen) atoms. The first-order chi connectivity index (χ1) is 14.8. The monoisotopic (exact) mass is 567 g/mol. The van der Waals surface area contributed by atoms with Gasteiger partial charge < -0.3 is 19.5 Å². The van der Waals surface area contributed by atoms with E-state index in [9.17, 15) is 31.0 Å². The number of anilines is 1. The van der Waals surface area contributed by atoms with Gasteiger partial charge in [0.2, 0.25) is 0 Å². The zero-order chi connectivity index (χ0) is 23.8. The molecule has 2 N–H and O–H groups in total.